The molecule has 0 amide bonds. The van der Waals surface area contributed by atoms with Crippen LogP contribution in [0.25, 0.3) is 0 Å². The van der Waals surface area contributed by atoms with Gasteiger partial charge in [-0.2, -0.15) is 0 Å². The van der Waals surface area contributed by atoms with Crippen molar-refractivity contribution in [2.24, 2.45) is 5.92 Å². The van der Waals surface area contributed by atoms with Crippen LogP contribution < -0.4 is 0 Å². The predicted octanol–water partition coefficient (Wildman–Crippen LogP) is 0.567. The lowest BCUT2D eigenvalue weighted by atomic mass is 9.63. The third-order valence-electron chi connectivity index (χ3n) is 5.46. The van der Waals surface area contributed by atoms with Crippen LogP contribution in [0.2, 0.25) is 0 Å². The molecule has 1 aliphatic heterocycles. The van der Waals surface area contributed by atoms with Crippen molar-refractivity contribution in [3.8, 4) is 0 Å². The summed E-state index contributed by atoms with van der Waals surface area (Å²) in [5.74, 6) is -0.781. The van der Waals surface area contributed by atoms with Gasteiger partial charge in [0.15, 0.2) is 6.29 Å². The van der Waals surface area contributed by atoms with Crippen LogP contribution in [-0.4, -0.2) is 75.0 Å². The molecule has 7 nitrogen and oxygen atoms in total. The van der Waals surface area contributed by atoms with Gasteiger partial charge in [-0.15, -0.1) is 0 Å². The molecule has 148 valence electrons. The van der Waals surface area contributed by atoms with Gasteiger partial charge in [-0.25, -0.2) is 0 Å². The van der Waals surface area contributed by atoms with Crippen molar-refractivity contribution in [3.05, 3.63) is 0 Å². The van der Waals surface area contributed by atoms with E-state index in [0.717, 1.165) is 12.8 Å². The van der Waals surface area contributed by atoms with Gasteiger partial charge in [0.25, 0.3) is 0 Å². The topological polar surface area (TPSA) is 109 Å². The zero-order valence-corrected chi connectivity index (χ0v) is 15.9. The smallest absolute Gasteiger partial charge is 0.167 e. The van der Waals surface area contributed by atoms with Crippen molar-refractivity contribution in [2.45, 2.75) is 95.3 Å². The molecule has 0 spiro atoms. The van der Waals surface area contributed by atoms with E-state index in [1.54, 1.807) is 0 Å². The normalized spacial score (nSPS) is 38.5. The van der Waals surface area contributed by atoms with Gasteiger partial charge in [-0.3, -0.25) is 0 Å². The van der Waals surface area contributed by atoms with Crippen molar-refractivity contribution in [2.75, 3.05) is 13.2 Å². The molecule has 6 unspecified atom stereocenters. The second-order valence-corrected chi connectivity index (χ2v) is 8.51. The first kappa shape index (κ1) is 21.0. The van der Waals surface area contributed by atoms with Crippen LogP contribution in [-0.2, 0) is 14.2 Å². The highest BCUT2D eigenvalue weighted by Crippen LogP contribution is 2.52. The van der Waals surface area contributed by atoms with Crippen molar-refractivity contribution >= 4 is 0 Å². The summed E-state index contributed by atoms with van der Waals surface area (Å²) < 4.78 is 17.5. The van der Waals surface area contributed by atoms with Gasteiger partial charge < -0.3 is 34.6 Å². The lowest BCUT2D eigenvalue weighted by Gasteiger charge is -2.51. The average Bonchev–Trinajstić information content (AvgIpc) is 2.75. The molecule has 25 heavy (non-hydrogen) atoms. The zero-order chi connectivity index (χ0) is 19.0. The summed E-state index contributed by atoms with van der Waals surface area (Å²) in [5.41, 5.74) is -2.47. The molecule has 2 aliphatic rings. The van der Waals surface area contributed by atoms with Crippen molar-refractivity contribution < 1.29 is 34.6 Å². The van der Waals surface area contributed by atoms with Crippen LogP contribution >= 0.6 is 0 Å². The summed E-state index contributed by atoms with van der Waals surface area (Å²) in [6.45, 7) is 10.1. The molecule has 4 N–H and O–H groups in total. The molecular weight excluding hydrogens is 328 g/mol. The van der Waals surface area contributed by atoms with E-state index >= 15 is 0 Å². The van der Waals surface area contributed by atoms with Gasteiger partial charge in [0.05, 0.1) is 36.4 Å². The molecule has 0 radical (unpaired) electrons. The molecule has 1 aliphatic carbocycles. The molecule has 6 atom stereocenters. The Balaban J connectivity index is 1.92. The third kappa shape index (κ3) is 4.03. The van der Waals surface area contributed by atoms with Crippen LogP contribution in [0.4, 0.5) is 0 Å². The third-order valence-corrected chi connectivity index (χ3v) is 5.46. The second kappa shape index (κ2) is 7.38. The lowest BCUT2D eigenvalue weighted by Crippen LogP contribution is -2.73. The summed E-state index contributed by atoms with van der Waals surface area (Å²) in [4.78, 5) is 0. The standard InChI is InChI=1S/C18H34O7/c1-6-7-16(2,3)23-9-8-17(4,5)25-15-12-13(20)14(21)18(12,22)11(10-19)24-15/h11-15,19-22H,6-10H2,1-5H3. The highest BCUT2D eigenvalue weighted by Gasteiger charge is 2.73. The van der Waals surface area contributed by atoms with Gasteiger partial charge in [0, 0.05) is 0 Å². The fraction of sp³-hybridized carbons (Fsp3) is 1.00. The molecule has 7 heteroatoms. The monoisotopic (exact) mass is 362 g/mol. The fourth-order valence-electron chi connectivity index (χ4n) is 3.87. The number of aliphatic hydroxyl groups is 4. The molecule has 1 heterocycles. The first-order chi connectivity index (χ1) is 11.5. The van der Waals surface area contributed by atoms with Crippen molar-refractivity contribution in [1.29, 1.82) is 0 Å². The summed E-state index contributed by atoms with van der Waals surface area (Å²) in [6.07, 6.45) is -1.72. The maximum Gasteiger partial charge on any atom is 0.167 e. The Labute approximate surface area is 149 Å². The Bertz CT molecular complexity index is 453. The van der Waals surface area contributed by atoms with E-state index in [2.05, 4.69) is 20.8 Å². The molecule has 0 aromatic rings. The van der Waals surface area contributed by atoms with Gasteiger partial charge in [-0.05, 0) is 40.5 Å². The summed E-state index contributed by atoms with van der Waals surface area (Å²) in [5, 5.41) is 39.8. The minimum atomic E-state index is -1.67. The van der Waals surface area contributed by atoms with Crippen LogP contribution in [0.1, 0.15) is 53.9 Å². The quantitative estimate of drug-likeness (QED) is 0.475. The average molecular weight is 362 g/mol. The zero-order valence-electron chi connectivity index (χ0n) is 15.9. The van der Waals surface area contributed by atoms with E-state index in [9.17, 15) is 20.4 Å². The number of hydrogen-bond acceptors (Lipinski definition) is 7. The highest BCUT2D eigenvalue weighted by atomic mass is 16.7. The van der Waals surface area contributed by atoms with E-state index in [0.29, 0.717) is 13.0 Å². The Hall–Kier alpha value is -0.280. The largest absolute Gasteiger partial charge is 0.394 e. The maximum atomic E-state index is 10.6. The molecule has 0 aromatic heterocycles. The summed E-state index contributed by atoms with van der Waals surface area (Å²) in [6, 6.07) is 0. The fourth-order valence-corrected chi connectivity index (χ4v) is 3.87. The number of hydrogen-bond donors (Lipinski definition) is 4. The molecule has 1 saturated carbocycles. The van der Waals surface area contributed by atoms with E-state index in [1.807, 2.05) is 13.8 Å². The Morgan fingerprint density at radius 1 is 1.08 bits per heavy atom. The maximum absolute atomic E-state index is 10.6. The van der Waals surface area contributed by atoms with E-state index in [-0.39, 0.29) is 5.60 Å². The summed E-state index contributed by atoms with van der Waals surface area (Å²) in [7, 11) is 0. The number of fused-ring (bicyclic) bond motifs is 1. The van der Waals surface area contributed by atoms with E-state index in [4.69, 9.17) is 14.2 Å². The summed E-state index contributed by atoms with van der Waals surface area (Å²) >= 11 is 0. The first-order valence-corrected chi connectivity index (χ1v) is 9.15. The predicted molar refractivity (Wildman–Crippen MR) is 90.9 cm³/mol. The van der Waals surface area contributed by atoms with Crippen molar-refractivity contribution in [1.82, 2.24) is 0 Å². The molecule has 2 fully saturated rings. The molecule has 2 rings (SSSR count). The number of rotatable bonds is 9. The van der Waals surface area contributed by atoms with Crippen LogP contribution in [0.15, 0.2) is 0 Å². The molecule has 0 bridgehead atoms. The van der Waals surface area contributed by atoms with Crippen molar-refractivity contribution in [3.63, 3.8) is 0 Å². The SMILES string of the molecule is CCCC(C)(C)OCCC(C)(C)OC1OC(CO)C2(O)C(O)C(O)C12. The van der Waals surface area contributed by atoms with Gasteiger partial charge >= 0.3 is 0 Å². The van der Waals surface area contributed by atoms with Gasteiger partial charge in [0.2, 0.25) is 0 Å². The van der Waals surface area contributed by atoms with E-state index < -0.39 is 48.3 Å². The van der Waals surface area contributed by atoms with Crippen LogP contribution in [0, 0.1) is 5.92 Å². The van der Waals surface area contributed by atoms with Crippen LogP contribution in [0.3, 0.4) is 0 Å². The lowest BCUT2D eigenvalue weighted by molar-refractivity contribution is -0.279. The number of aliphatic hydroxyl groups excluding tert-OH is 3. The second-order valence-electron chi connectivity index (χ2n) is 8.51. The Morgan fingerprint density at radius 3 is 2.28 bits per heavy atom. The minimum absolute atomic E-state index is 0.189. The Kier molecular flexibility index (Phi) is 6.21. The molecular formula is C18H34O7. The highest BCUT2D eigenvalue weighted by molar-refractivity contribution is 5.19. The van der Waals surface area contributed by atoms with E-state index in [1.165, 1.54) is 0 Å². The first-order valence-electron chi connectivity index (χ1n) is 9.15. The minimum Gasteiger partial charge on any atom is -0.394 e. The van der Waals surface area contributed by atoms with Gasteiger partial charge in [-0.1, -0.05) is 13.3 Å². The van der Waals surface area contributed by atoms with Gasteiger partial charge in [0.1, 0.15) is 17.8 Å². The molecule has 1 saturated heterocycles. The molecule has 0 aromatic carbocycles. The van der Waals surface area contributed by atoms with Crippen LogP contribution in [0.5, 0.6) is 0 Å². The number of ether oxygens (including phenoxy) is 3. The Morgan fingerprint density at radius 2 is 1.72 bits per heavy atom.